The minimum atomic E-state index is -0.302. The van der Waals surface area contributed by atoms with E-state index >= 15 is 0 Å². The normalized spacial score (nSPS) is 25.3. The maximum absolute atomic E-state index is 10.4. The zero-order valence-electron chi connectivity index (χ0n) is 13.8. The summed E-state index contributed by atoms with van der Waals surface area (Å²) in [5.41, 5.74) is 1.31. The molecule has 5 nitrogen and oxygen atoms in total. The molecule has 5 heteroatoms. The lowest BCUT2D eigenvalue weighted by Crippen LogP contribution is -2.49. The maximum atomic E-state index is 10.4. The minimum Gasteiger partial charge on any atom is -0.390 e. The molecule has 1 aromatic rings. The predicted octanol–water partition coefficient (Wildman–Crippen LogP) is 0.623. The Morgan fingerprint density at radius 1 is 1.00 bits per heavy atom. The van der Waals surface area contributed by atoms with Crippen LogP contribution in [0.2, 0.25) is 0 Å². The first-order valence-electron chi connectivity index (χ1n) is 8.65. The number of morpholine rings is 2. The monoisotopic (exact) mass is 320 g/mol. The molecule has 2 saturated heterocycles. The summed E-state index contributed by atoms with van der Waals surface area (Å²) in [5.74, 6) is 0. The van der Waals surface area contributed by atoms with E-state index < -0.39 is 0 Å². The van der Waals surface area contributed by atoms with E-state index in [4.69, 9.17) is 9.47 Å². The van der Waals surface area contributed by atoms with Crippen LogP contribution in [0.15, 0.2) is 30.3 Å². The zero-order valence-corrected chi connectivity index (χ0v) is 13.8. The molecule has 1 N–H and O–H groups in total. The van der Waals surface area contributed by atoms with Crippen LogP contribution in [0.5, 0.6) is 0 Å². The lowest BCUT2D eigenvalue weighted by molar-refractivity contribution is -0.0465. The van der Waals surface area contributed by atoms with E-state index in [1.165, 1.54) is 5.56 Å². The Morgan fingerprint density at radius 2 is 1.70 bits per heavy atom. The molecule has 128 valence electrons. The third-order valence-corrected chi connectivity index (χ3v) is 4.57. The summed E-state index contributed by atoms with van der Waals surface area (Å²) in [6.45, 7) is 7.44. The number of rotatable bonds is 6. The molecule has 2 heterocycles. The Labute approximate surface area is 138 Å². The van der Waals surface area contributed by atoms with Crippen LogP contribution in [0.4, 0.5) is 0 Å². The Kier molecular flexibility index (Phi) is 6.42. The van der Waals surface area contributed by atoms with Crippen molar-refractivity contribution in [3.8, 4) is 0 Å². The summed E-state index contributed by atoms with van der Waals surface area (Å²) in [5, 5.41) is 10.4. The Morgan fingerprint density at radius 3 is 2.48 bits per heavy atom. The van der Waals surface area contributed by atoms with Crippen LogP contribution < -0.4 is 0 Å². The summed E-state index contributed by atoms with van der Waals surface area (Å²) in [7, 11) is 0. The molecule has 0 bridgehead atoms. The summed E-state index contributed by atoms with van der Waals surface area (Å²) < 4.78 is 11.2. The fraction of sp³-hybridized carbons (Fsp3) is 0.667. The van der Waals surface area contributed by atoms with Crippen LogP contribution >= 0.6 is 0 Å². The van der Waals surface area contributed by atoms with Gasteiger partial charge in [-0.05, 0) is 12.0 Å². The summed E-state index contributed by atoms with van der Waals surface area (Å²) in [4.78, 5) is 4.62. The van der Waals surface area contributed by atoms with Crippen molar-refractivity contribution in [1.29, 1.82) is 0 Å². The molecule has 23 heavy (non-hydrogen) atoms. The second-order valence-electron chi connectivity index (χ2n) is 6.51. The van der Waals surface area contributed by atoms with Crippen LogP contribution in [0.1, 0.15) is 5.56 Å². The number of β-amino-alcohol motifs (C(OH)–C–C–N with tert-alkyl or cyclic N) is 1. The number of hydrogen-bond donors (Lipinski definition) is 1. The average Bonchev–Trinajstić information content (AvgIpc) is 2.57. The van der Waals surface area contributed by atoms with E-state index in [9.17, 15) is 5.11 Å². The van der Waals surface area contributed by atoms with Gasteiger partial charge in [0.15, 0.2) is 0 Å². The molecule has 2 aliphatic rings. The second-order valence-corrected chi connectivity index (χ2v) is 6.51. The smallest absolute Gasteiger partial charge is 0.0793 e. The topological polar surface area (TPSA) is 45.2 Å². The van der Waals surface area contributed by atoms with Crippen molar-refractivity contribution >= 4 is 0 Å². The third-order valence-electron chi connectivity index (χ3n) is 4.57. The largest absolute Gasteiger partial charge is 0.390 e. The van der Waals surface area contributed by atoms with Crippen LogP contribution in [0, 0.1) is 0 Å². The van der Waals surface area contributed by atoms with Crippen molar-refractivity contribution < 1.29 is 14.6 Å². The predicted molar refractivity (Wildman–Crippen MR) is 89.6 cm³/mol. The quantitative estimate of drug-likeness (QED) is 0.833. The van der Waals surface area contributed by atoms with E-state index in [0.29, 0.717) is 0 Å². The first-order chi connectivity index (χ1) is 11.3. The first kappa shape index (κ1) is 16.9. The van der Waals surface area contributed by atoms with Crippen molar-refractivity contribution in [3.05, 3.63) is 35.9 Å². The molecule has 0 aromatic heterocycles. The molecule has 0 radical (unpaired) electrons. The Bertz CT molecular complexity index is 451. The molecular weight excluding hydrogens is 292 g/mol. The van der Waals surface area contributed by atoms with Gasteiger partial charge in [-0.25, -0.2) is 0 Å². The lowest BCUT2D eigenvalue weighted by atomic mass is 10.1. The van der Waals surface area contributed by atoms with Gasteiger partial charge in [0.2, 0.25) is 0 Å². The highest BCUT2D eigenvalue weighted by molar-refractivity contribution is 5.15. The molecule has 2 fully saturated rings. The van der Waals surface area contributed by atoms with Crippen molar-refractivity contribution in [2.45, 2.75) is 18.6 Å². The number of ether oxygens (including phenoxy) is 2. The number of aliphatic hydroxyl groups excluding tert-OH is 1. The van der Waals surface area contributed by atoms with E-state index in [-0.39, 0.29) is 12.2 Å². The molecule has 0 aliphatic carbocycles. The van der Waals surface area contributed by atoms with Gasteiger partial charge in [-0.15, -0.1) is 0 Å². The van der Waals surface area contributed by atoms with Gasteiger partial charge >= 0.3 is 0 Å². The van der Waals surface area contributed by atoms with E-state index in [0.717, 1.165) is 65.5 Å². The van der Waals surface area contributed by atoms with Crippen LogP contribution in [0.3, 0.4) is 0 Å². The highest BCUT2D eigenvalue weighted by Gasteiger charge is 2.23. The maximum Gasteiger partial charge on any atom is 0.0793 e. The SMILES string of the molecule is OC(CN1CCOCC1)CN1CCOC(Cc2ccccc2)C1. The number of hydrogen-bond acceptors (Lipinski definition) is 5. The molecule has 0 amide bonds. The van der Waals surface area contributed by atoms with Gasteiger partial charge in [-0.3, -0.25) is 9.80 Å². The average molecular weight is 320 g/mol. The molecule has 0 spiro atoms. The Hall–Kier alpha value is -0.980. The van der Waals surface area contributed by atoms with Crippen molar-refractivity contribution in [3.63, 3.8) is 0 Å². The van der Waals surface area contributed by atoms with Crippen LogP contribution in [-0.4, -0.2) is 86.2 Å². The van der Waals surface area contributed by atoms with Gasteiger partial charge in [0.1, 0.15) is 0 Å². The summed E-state index contributed by atoms with van der Waals surface area (Å²) in [6.07, 6.45) is 0.863. The van der Waals surface area contributed by atoms with Gasteiger partial charge in [-0.1, -0.05) is 30.3 Å². The van der Waals surface area contributed by atoms with Gasteiger partial charge in [0.05, 0.1) is 32.0 Å². The van der Waals surface area contributed by atoms with E-state index in [2.05, 4.69) is 34.1 Å². The number of nitrogens with zero attached hydrogens (tertiary/aromatic N) is 2. The van der Waals surface area contributed by atoms with Gasteiger partial charge in [0.25, 0.3) is 0 Å². The van der Waals surface area contributed by atoms with Crippen LogP contribution in [-0.2, 0) is 15.9 Å². The molecule has 2 atom stereocenters. The van der Waals surface area contributed by atoms with Gasteiger partial charge in [-0.2, -0.15) is 0 Å². The van der Waals surface area contributed by atoms with Crippen LogP contribution in [0.25, 0.3) is 0 Å². The zero-order chi connectivity index (χ0) is 15.9. The summed E-state index contributed by atoms with van der Waals surface area (Å²) >= 11 is 0. The lowest BCUT2D eigenvalue weighted by Gasteiger charge is -2.35. The third kappa shape index (κ3) is 5.55. The molecule has 3 rings (SSSR count). The number of aliphatic hydroxyl groups is 1. The molecule has 2 aliphatic heterocycles. The fourth-order valence-corrected chi connectivity index (χ4v) is 3.38. The fourth-order valence-electron chi connectivity index (χ4n) is 3.38. The Balaban J connectivity index is 1.42. The molecule has 1 aromatic carbocycles. The van der Waals surface area contributed by atoms with Gasteiger partial charge in [0, 0.05) is 39.3 Å². The summed E-state index contributed by atoms with van der Waals surface area (Å²) in [6, 6.07) is 10.5. The molecule has 2 unspecified atom stereocenters. The highest BCUT2D eigenvalue weighted by Crippen LogP contribution is 2.12. The molecular formula is C18H28N2O3. The minimum absolute atomic E-state index is 0.224. The molecule has 0 saturated carbocycles. The second kappa shape index (κ2) is 8.76. The first-order valence-corrected chi connectivity index (χ1v) is 8.65. The van der Waals surface area contributed by atoms with E-state index in [1.54, 1.807) is 0 Å². The van der Waals surface area contributed by atoms with Crippen molar-refractivity contribution in [1.82, 2.24) is 9.80 Å². The van der Waals surface area contributed by atoms with Crippen molar-refractivity contribution in [2.75, 3.05) is 59.1 Å². The number of benzene rings is 1. The van der Waals surface area contributed by atoms with Gasteiger partial charge < -0.3 is 14.6 Å². The van der Waals surface area contributed by atoms with Crippen molar-refractivity contribution in [2.24, 2.45) is 0 Å². The standard InChI is InChI=1S/C18H28N2O3/c21-17(13-19-6-9-22-10-7-19)14-20-8-11-23-18(15-20)12-16-4-2-1-3-5-16/h1-5,17-18,21H,6-15H2. The highest BCUT2D eigenvalue weighted by atomic mass is 16.5. The van der Waals surface area contributed by atoms with E-state index in [1.807, 2.05) is 6.07 Å².